The van der Waals surface area contributed by atoms with Crippen LogP contribution in [0.3, 0.4) is 0 Å². The lowest BCUT2D eigenvalue weighted by molar-refractivity contribution is 0.262. The van der Waals surface area contributed by atoms with Gasteiger partial charge >= 0.3 is 6.03 Å². The number of urea groups is 1. The lowest BCUT2D eigenvalue weighted by atomic mass is 9.87. The second kappa shape index (κ2) is 7.48. The van der Waals surface area contributed by atoms with Crippen LogP contribution in [-0.4, -0.2) is 16.2 Å². The fourth-order valence-corrected chi connectivity index (χ4v) is 3.31. The van der Waals surface area contributed by atoms with E-state index in [9.17, 15) is 4.79 Å². The Bertz CT molecular complexity index is 955. The van der Waals surface area contributed by atoms with Gasteiger partial charge in [-0.1, -0.05) is 56.4 Å². The Morgan fingerprint density at radius 3 is 2.26 bits per heavy atom. The molecule has 5 nitrogen and oxygen atoms in total. The van der Waals surface area contributed by atoms with E-state index in [1.807, 2.05) is 30.3 Å². The van der Waals surface area contributed by atoms with Crippen molar-refractivity contribution in [3.63, 3.8) is 0 Å². The van der Waals surface area contributed by atoms with Crippen LogP contribution >= 0.6 is 11.3 Å². The summed E-state index contributed by atoms with van der Waals surface area (Å²) in [7, 11) is 0. The summed E-state index contributed by atoms with van der Waals surface area (Å²) >= 11 is 1.35. The number of nitrogens with one attached hydrogen (secondary N) is 2. The summed E-state index contributed by atoms with van der Waals surface area (Å²) in [4.78, 5) is 12.2. The molecule has 0 saturated heterocycles. The molecule has 1 aromatic heterocycles. The largest absolute Gasteiger partial charge is 0.325 e. The maximum atomic E-state index is 12.2. The van der Waals surface area contributed by atoms with Crippen molar-refractivity contribution in [2.75, 3.05) is 10.6 Å². The molecule has 2 N–H and O–H groups in total. The number of aromatic nitrogens is 2. The molecule has 0 aliphatic rings. The molecule has 3 rings (SSSR count). The third-order valence-corrected chi connectivity index (χ3v) is 5.30. The number of hydrogen-bond donors (Lipinski definition) is 2. The maximum absolute atomic E-state index is 12.2. The molecule has 0 aliphatic heterocycles. The van der Waals surface area contributed by atoms with Gasteiger partial charge in [-0.3, -0.25) is 5.32 Å². The van der Waals surface area contributed by atoms with E-state index in [1.165, 1.54) is 28.0 Å². The minimum absolute atomic E-state index is 0.0814. The van der Waals surface area contributed by atoms with Gasteiger partial charge < -0.3 is 5.32 Å². The minimum Gasteiger partial charge on any atom is -0.308 e. The molecular formula is C21H24N4OS. The molecule has 1 heterocycles. The zero-order chi connectivity index (χ0) is 19.6. The molecule has 6 heteroatoms. The zero-order valence-electron chi connectivity index (χ0n) is 16.3. The highest BCUT2D eigenvalue weighted by Gasteiger charge is 2.14. The highest BCUT2D eigenvalue weighted by molar-refractivity contribution is 7.18. The Hall–Kier alpha value is -2.73. The van der Waals surface area contributed by atoms with Crippen molar-refractivity contribution in [2.24, 2.45) is 0 Å². The normalized spacial score (nSPS) is 11.3. The second-order valence-corrected chi connectivity index (χ2v) is 8.60. The van der Waals surface area contributed by atoms with Gasteiger partial charge in [-0.25, -0.2) is 4.79 Å². The minimum atomic E-state index is -0.332. The first-order chi connectivity index (χ1) is 12.7. The number of carbonyl (C=O) groups excluding carboxylic acids is 1. The Labute approximate surface area is 163 Å². The summed E-state index contributed by atoms with van der Waals surface area (Å²) in [6.45, 7) is 10.6. The molecule has 0 spiro atoms. The van der Waals surface area contributed by atoms with E-state index in [0.29, 0.717) is 5.13 Å². The van der Waals surface area contributed by atoms with Gasteiger partial charge in [-0.05, 0) is 54.2 Å². The van der Waals surface area contributed by atoms with Crippen molar-refractivity contribution in [1.29, 1.82) is 0 Å². The van der Waals surface area contributed by atoms with E-state index in [0.717, 1.165) is 16.3 Å². The molecule has 0 unspecified atom stereocenters. The number of carbonyl (C=O) groups is 1. The van der Waals surface area contributed by atoms with Crippen LogP contribution in [0, 0.1) is 13.8 Å². The zero-order valence-corrected chi connectivity index (χ0v) is 17.1. The second-order valence-electron chi connectivity index (χ2n) is 7.62. The standard InChI is InChI=1S/C21H24N4OS/c1-13-6-7-15(12-14(13)2)18-24-25-20(27-18)23-19(26)22-17-10-8-16(9-11-17)21(3,4)5/h6-12H,1-5H3,(H2,22,23,25,26). The quantitative estimate of drug-likeness (QED) is 0.607. The van der Waals surface area contributed by atoms with E-state index in [-0.39, 0.29) is 11.4 Å². The van der Waals surface area contributed by atoms with Crippen molar-refractivity contribution in [1.82, 2.24) is 10.2 Å². The first-order valence-corrected chi connectivity index (χ1v) is 9.64. The Kier molecular flexibility index (Phi) is 5.28. The average Bonchev–Trinajstić information content (AvgIpc) is 3.05. The summed E-state index contributed by atoms with van der Waals surface area (Å²) in [6, 6.07) is 13.7. The van der Waals surface area contributed by atoms with Gasteiger partial charge in [-0.15, -0.1) is 10.2 Å². The lowest BCUT2D eigenvalue weighted by Crippen LogP contribution is -2.19. The molecular weight excluding hydrogens is 356 g/mol. The van der Waals surface area contributed by atoms with Gasteiger partial charge in [0.05, 0.1) is 0 Å². The molecule has 0 atom stereocenters. The van der Waals surface area contributed by atoms with E-state index in [1.54, 1.807) is 0 Å². The number of amides is 2. The Morgan fingerprint density at radius 1 is 0.926 bits per heavy atom. The van der Waals surface area contributed by atoms with E-state index in [2.05, 4.69) is 67.6 Å². The summed E-state index contributed by atoms with van der Waals surface area (Å²) in [5, 5.41) is 15.1. The van der Waals surface area contributed by atoms with Gasteiger partial charge in [0, 0.05) is 11.3 Å². The predicted molar refractivity (Wildman–Crippen MR) is 113 cm³/mol. The van der Waals surface area contributed by atoms with Crippen LogP contribution in [0.5, 0.6) is 0 Å². The average molecular weight is 381 g/mol. The monoisotopic (exact) mass is 380 g/mol. The molecule has 0 radical (unpaired) electrons. The molecule has 0 saturated carbocycles. The smallest absolute Gasteiger partial charge is 0.308 e. The topological polar surface area (TPSA) is 66.9 Å². The van der Waals surface area contributed by atoms with Gasteiger partial charge in [0.25, 0.3) is 0 Å². The van der Waals surface area contributed by atoms with Crippen LogP contribution in [0.2, 0.25) is 0 Å². The van der Waals surface area contributed by atoms with Gasteiger partial charge in [0.15, 0.2) is 0 Å². The number of hydrogen-bond acceptors (Lipinski definition) is 4. The first kappa shape index (κ1) is 19.0. The van der Waals surface area contributed by atoms with Crippen molar-refractivity contribution < 1.29 is 4.79 Å². The van der Waals surface area contributed by atoms with Crippen LogP contribution < -0.4 is 10.6 Å². The van der Waals surface area contributed by atoms with Crippen LogP contribution in [0.15, 0.2) is 42.5 Å². The van der Waals surface area contributed by atoms with Crippen LogP contribution in [0.25, 0.3) is 10.6 Å². The predicted octanol–water partition coefficient (Wildman–Crippen LogP) is 5.76. The fourth-order valence-electron chi connectivity index (χ4n) is 2.58. The Morgan fingerprint density at radius 2 is 1.63 bits per heavy atom. The number of anilines is 2. The molecule has 27 heavy (non-hydrogen) atoms. The third kappa shape index (κ3) is 4.71. The molecule has 140 valence electrons. The molecule has 0 fully saturated rings. The highest BCUT2D eigenvalue weighted by Crippen LogP contribution is 2.28. The first-order valence-electron chi connectivity index (χ1n) is 8.82. The van der Waals surface area contributed by atoms with Crippen LogP contribution in [-0.2, 0) is 5.41 Å². The third-order valence-electron chi connectivity index (χ3n) is 4.41. The van der Waals surface area contributed by atoms with Gasteiger partial charge in [0.2, 0.25) is 5.13 Å². The number of nitrogens with zero attached hydrogens (tertiary/aromatic N) is 2. The van der Waals surface area contributed by atoms with Crippen molar-refractivity contribution in [3.05, 3.63) is 59.2 Å². The summed E-state index contributed by atoms with van der Waals surface area (Å²) in [5.41, 5.74) is 5.47. The van der Waals surface area contributed by atoms with Crippen molar-refractivity contribution >= 4 is 28.2 Å². The van der Waals surface area contributed by atoms with Crippen LogP contribution in [0.4, 0.5) is 15.6 Å². The van der Waals surface area contributed by atoms with Gasteiger partial charge in [-0.2, -0.15) is 0 Å². The summed E-state index contributed by atoms with van der Waals surface area (Å²) in [5.74, 6) is 0. The maximum Gasteiger partial charge on any atom is 0.325 e. The molecule has 0 bridgehead atoms. The lowest BCUT2D eigenvalue weighted by Gasteiger charge is -2.19. The molecule has 2 aromatic carbocycles. The van der Waals surface area contributed by atoms with Crippen molar-refractivity contribution in [3.8, 4) is 10.6 Å². The summed E-state index contributed by atoms with van der Waals surface area (Å²) < 4.78 is 0. The fraction of sp³-hybridized carbons (Fsp3) is 0.286. The number of aryl methyl sites for hydroxylation is 2. The number of rotatable bonds is 3. The van der Waals surface area contributed by atoms with Crippen LogP contribution in [0.1, 0.15) is 37.5 Å². The molecule has 3 aromatic rings. The van der Waals surface area contributed by atoms with Crippen molar-refractivity contribution in [2.45, 2.75) is 40.0 Å². The molecule has 2 amide bonds. The summed E-state index contributed by atoms with van der Waals surface area (Å²) in [6.07, 6.45) is 0. The van der Waals surface area contributed by atoms with E-state index in [4.69, 9.17) is 0 Å². The molecule has 0 aliphatic carbocycles. The highest BCUT2D eigenvalue weighted by atomic mass is 32.1. The number of benzene rings is 2. The van der Waals surface area contributed by atoms with E-state index >= 15 is 0 Å². The van der Waals surface area contributed by atoms with Gasteiger partial charge in [0.1, 0.15) is 5.01 Å². The Balaban J connectivity index is 1.65. The van der Waals surface area contributed by atoms with E-state index < -0.39 is 0 Å². The SMILES string of the molecule is Cc1ccc(-c2nnc(NC(=O)Nc3ccc(C(C)(C)C)cc3)s2)cc1C.